The maximum absolute atomic E-state index is 13.1. The molecule has 2 aromatic carbocycles. The number of hydrogen-bond donors (Lipinski definition) is 4. The number of aryl methyl sites for hydroxylation is 1. The number of ether oxygens (including phenoxy) is 2. The lowest BCUT2D eigenvalue weighted by atomic mass is 9.89. The number of anilines is 1. The van der Waals surface area contributed by atoms with Gasteiger partial charge in [0.15, 0.2) is 0 Å². The minimum atomic E-state index is -0.755. The van der Waals surface area contributed by atoms with Crippen LogP contribution in [0.2, 0.25) is 0 Å². The SMILES string of the molecule is COc1cc(-c2cn(C)c(=O)c3[nH]ncc23)cc(OC)c1CN1CCN(CCCC(=O)N2CCC(c3ccc(NC4CCC(O)NC4=O)cc3)CC2)CC1. The van der Waals surface area contributed by atoms with E-state index in [4.69, 9.17) is 9.47 Å². The van der Waals surface area contributed by atoms with Crippen LogP contribution >= 0.6 is 0 Å². The van der Waals surface area contributed by atoms with Crippen LogP contribution < -0.4 is 25.7 Å². The Balaban J connectivity index is 0.847. The molecule has 0 aliphatic carbocycles. The molecule has 3 saturated heterocycles. The Labute approximate surface area is 315 Å². The molecule has 288 valence electrons. The van der Waals surface area contributed by atoms with Crippen LogP contribution in [0.25, 0.3) is 22.0 Å². The van der Waals surface area contributed by atoms with Crippen molar-refractivity contribution in [1.29, 1.82) is 0 Å². The molecule has 14 heteroatoms. The predicted octanol–water partition coefficient (Wildman–Crippen LogP) is 3.26. The van der Waals surface area contributed by atoms with Crippen molar-refractivity contribution in [3.63, 3.8) is 0 Å². The van der Waals surface area contributed by atoms with Gasteiger partial charge in [0, 0.05) is 82.1 Å². The van der Waals surface area contributed by atoms with Crippen molar-refractivity contribution in [2.75, 3.05) is 65.3 Å². The molecule has 2 unspecified atom stereocenters. The number of aromatic nitrogens is 3. The maximum atomic E-state index is 13.1. The molecule has 54 heavy (non-hydrogen) atoms. The number of piperidine rings is 2. The Hall–Kier alpha value is -4.92. The largest absolute Gasteiger partial charge is 0.496 e. The summed E-state index contributed by atoms with van der Waals surface area (Å²) in [5, 5.41) is 23.2. The fourth-order valence-corrected chi connectivity index (χ4v) is 8.13. The van der Waals surface area contributed by atoms with Crippen LogP contribution in [0.4, 0.5) is 5.69 Å². The van der Waals surface area contributed by atoms with Gasteiger partial charge < -0.3 is 39.6 Å². The topological polar surface area (TPSA) is 157 Å². The van der Waals surface area contributed by atoms with E-state index in [-0.39, 0.29) is 23.4 Å². The number of methoxy groups -OCH3 is 2. The summed E-state index contributed by atoms with van der Waals surface area (Å²) in [5.41, 5.74) is 5.23. The summed E-state index contributed by atoms with van der Waals surface area (Å²) in [7, 11) is 5.07. The van der Waals surface area contributed by atoms with Crippen LogP contribution in [-0.4, -0.2) is 119 Å². The van der Waals surface area contributed by atoms with E-state index in [1.807, 2.05) is 35.4 Å². The number of carbonyl (C=O) groups is 2. The van der Waals surface area contributed by atoms with Crippen molar-refractivity contribution < 1.29 is 24.2 Å². The quantitative estimate of drug-likeness (QED) is 0.170. The highest BCUT2D eigenvalue weighted by Crippen LogP contribution is 2.38. The van der Waals surface area contributed by atoms with Crippen LogP contribution in [0, 0.1) is 0 Å². The summed E-state index contributed by atoms with van der Waals surface area (Å²) in [6.07, 6.45) is 7.19. The molecule has 0 spiro atoms. The van der Waals surface area contributed by atoms with Gasteiger partial charge in [-0.2, -0.15) is 5.10 Å². The lowest BCUT2D eigenvalue weighted by Gasteiger charge is -2.35. The zero-order chi connectivity index (χ0) is 37.8. The standard InChI is InChI=1S/C40H52N8O6/c1-45-24-31(30-23-41-44-38(30)40(45)52)28-21-34(53-2)32(35(22-28)54-3)25-47-19-17-46(18-20-47)14-4-5-37(50)48-15-12-27(13-16-48)26-6-8-29(9-7-26)42-33-10-11-36(49)43-39(33)51/h6-9,21-24,27,33,36,42,49H,4-5,10-20,25H2,1-3H3,(H,41,44)(H,43,51). The molecule has 0 saturated carbocycles. The molecule has 3 aliphatic rings. The van der Waals surface area contributed by atoms with Crippen molar-refractivity contribution in [1.82, 2.24) is 34.8 Å². The van der Waals surface area contributed by atoms with E-state index in [9.17, 15) is 19.5 Å². The fraction of sp³-hybridized carbons (Fsp3) is 0.500. The van der Waals surface area contributed by atoms with Gasteiger partial charge in [0.05, 0.1) is 26.0 Å². The first-order chi connectivity index (χ1) is 26.2. The first-order valence-electron chi connectivity index (χ1n) is 19.1. The molecular formula is C40H52N8O6. The number of aliphatic hydroxyl groups excluding tert-OH is 1. The summed E-state index contributed by atoms with van der Waals surface area (Å²) in [6.45, 7) is 6.83. The second-order valence-electron chi connectivity index (χ2n) is 14.8. The number of aromatic amines is 1. The Morgan fingerprint density at radius 2 is 1.63 bits per heavy atom. The molecule has 7 rings (SSSR count). The number of pyridine rings is 1. The molecule has 0 bridgehead atoms. The van der Waals surface area contributed by atoms with Crippen molar-refractivity contribution in [3.05, 3.63) is 70.3 Å². The van der Waals surface area contributed by atoms with E-state index in [1.54, 1.807) is 32.0 Å². The van der Waals surface area contributed by atoms with Gasteiger partial charge in [-0.15, -0.1) is 0 Å². The number of piperazine rings is 1. The molecule has 2 amide bonds. The number of rotatable bonds is 12. The maximum Gasteiger partial charge on any atom is 0.276 e. The molecule has 3 aliphatic heterocycles. The molecule has 0 radical (unpaired) electrons. The highest BCUT2D eigenvalue weighted by atomic mass is 16.5. The summed E-state index contributed by atoms with van der Waals surface area (Å²) in [5.74, 6) is 1.96. The zero-order valence-electron chi connectivity index (χ0n) is 31.5. The molecule has 2 aromatic heterocycles. The van der Waals surface area contributed by atoms with Gasteiger partial charge in [-0.1, -0.05) is 12.1 Å². The Bertz CT molecular complexity index is 1970. The first kappa shape index (κ1) is 37.4. The minimum absolute atomic E-state index is 0.130. The van der Waals surface area contributed by atoms with Gasteiger partial charge in [-0.05, 0) is 80.0 Å². The molecule has 14 nitrogen and oxygen atoms in total. The summed E-state index contributed by atoms with van der Waals surface area (Å²) in [4.78, 5) is 44.8. The predicted molar refractivity (Wildman–Crippen MR) is 207 cm³/mol. The normalized spacial score (nSPS) is 20.2. The molecule has 5 heterocycles. The fourth-order valence-electron chi connectivity index (χ4n) is 8.13. The van der Waals surface area contributed by atoms with Gasteiger partial charge >= 0.3 is 0 Å². The lowest BCUT2D eigenvalue weighted by Crippen LogP contribution is -2.49. The van der Waals surface area contributed by atoms with Crippen molar-refractivity contribution in [2.45, 2.75) is 63.3 Å². The van der Waals surface area contributed by atoms with Gasteiger partial charge in [0.1, 0.15) is 29.3 Å². The monoisotopic (exact) mass is 740 g/mol. The number of hydrogen-bond acceptors (Lipinski definition) is 10. The Kier molecular flexibility index (Phi) is 11.5. The third-order valence-corrected chi connectivity index (χ3v) is 11.3. The van der Waals surface area contributed by atoms with E-state index in [1.165, 1.54) is 5.56 Å². The van der Waals surface area contributed by atoms with Gasteiger partial charge in [0.25, 0.3) is 5.56 Å². The molecule has 2 atom stereocenters. The van der Waals surface area contributed by atoms with Crippen molar-refractivity contribution >= 4 is 28.4 Å². The number of aliphatic hydroxyl groups is 1. The first-order valence-corrected chi connectivity index (χ1v) is 19.1. The van der Waals surface area contributed by atoms with Crippen LogP contribution in [0.15, 0.2) is 53.6 Å². The highest BCUT2D eigenvalue weighted by Gasteiger charge is 2.28. The van der Waals surface area contributed by atoms with Gasteiger partial charge in [0.2, 0.25) is 11.8 Å². The number of fused-ring (bicyclic) bond motifs is 1. The van der Waals surface area contributed by atoms with Crippen LogP contribution in [0.1, 0.15) is 55.6 Å². The molecular weight excluding hydrogens is 688 g/mol. The average molecular weight is 741 g/mol. The third-order valence-electron chi connectivity index (χ3n) is 11.3. The zero-order valence-corrected chi connectivity index (χ0v) is 31.5. The van der Waals surface area contributed by atoms with Crippen molar-refractivity contribution in [2.24, 2.45) is 7.05 Å². The van der Waals surface area contributed by atoms with Crippen LogP contribution in [-0.2, 0) is 23.2 Å². The molecule has 4 N–H and O–H groups in total. The lowest BCUT2D eigenvalue weighted by molar-refractivity contribution is -0.132. The Morgan fingerprint density at radius 3 is 2.30 bits per heavy atom. The van der Waals surface area contributed by atoms with E-state index in [2.05, 4.69) is 42.8 Å². The van der Waals surface area contributed by atoms with Gasteiger partial charge in [-0.3, -0.25) is 24.4 Å². The third kappa shape index (κ3) is 8.25. The number of nitrogens with one attached hydrogen (secondary N) is 3. The number of nitrogens with zero attached hydrogens (tertiary/aromatic N) is 5. The molecule has 3 fully saturated rings. The summed E-state index contributed by atoms with van der Waals surface area (Å²) in [6, 6.07) is 12.0. The Morgan fingerprint density at radius 1 is 0.944 bits per heavy atom. The van der Waals surface area contributed by atoms with E-state index >= 15 is 0 Å². The van der Waals surface area contributed by atoms with E-state index < -0.39 is 6.23 Å². The van der Waals surface area contributed by atoms with Crippen molar-refractivity contribution in [3.8, 4) is 22.6 Å². The van der Waals surface area contributed by atoms with Crippen LogP contribution in [0.5, 0.6) is 11.5 Å². The molecule has 4 aromatic rings. The number of amides is 2. The van der Waals surface area contributed by atoms with Crippen LogP contribution in [0.3, 0.4) is 0 Å². The summed E-state index contributed by atoms with van der Waals surface area (Å²) < 4.78 is 13.3. The smallest absolute Gasteiger partial charge is 0.276 e. The number of H-pyrrole nitrogens is 1. The summed E-state index contributed by atoms with van der Waals surface area (Å²) >= 11 is 0. The highest BCUT2D eigenvalue weighted by molar-refractivity contribution is 5.94. The number of benzene rings is 2. The average Bonchev–Trinajstić information content (AvgIpc) is 3.69. The number of likely N-dealkylation sites (tertiary alicyclic amines) is 1. The van der Waals surface area contributed by atoms with E-state index in [0.717, 1.165) is 104 Å². The minimum Gasteiger partial charge on any atom is -0.496 e. The second kappa shape index (κ2) is 16.6. The number of carbonyl (C=O) groups excluding carboxylic acids is 2. The second-order valence-corrected chi connectivity index (χ2v) is 14.8. The van der Waals surface area contributed by atoms with Gasteiger partial charge in [-0.25, -0.2) is 0 Å². The van der Waals surface area contributed by atoms with E-state index in [0.29, 0.717) is 37.2 Å².